The summed E-state index contributed by atoms with van der Waals surface area (Å²) in [6.07, 6.45) is 0. The molecule has 0 aliphatic carbocycles. The van der Waals surface area contributed by atoms with E-state index in [9.17, 15) is 0 Å². The van der Waals surface area contributed by atoms with Crippen LogP contribution >= 0.6 is 0 Å². The summed E-state index contributed by atoms with van der Waals surface area (Å²) in [7, 11) is 1.71. The number of ether oxygens (including phenoxy) is 1. The summed E-state index contributed by atoms with van der Waals surface area (Å²) in [4.78, 5) is 0. The quantitative estimate of drug-likeness (QED) is 0.711. The molecule has 1 aromatic rings. The lowest BCUT2D eigenvalue weighted by Crippen LogP contribution is -2.18. The Hall–Kier alpha value is -1.18. The first-order valence-electron chi connectivity index (χ1n) is 4.56. The molecular weight excluding hydrogens is 162 g/mol. The van der Waals surface area contributed by atoms with Crippen molar-refractivity contribution in [3.05, 3.63) is 23.8 Å². The number of anilines is 1. The Balaban J connectivity index is 2.50. The van der Waals surface area contributed by atoms with Crippen molar-refractivity contribution in [1.82, 2.24) is 0 Å². The number of benzene rings is 1. The number of hydrogen-bond donors (Lipinski definition) is 1. The van der Waals surface area contributed by atoms with Crippen molar-refractivity contribution >= 4 is 5.69 Å². The molecule has 0 amide bonds. The standard InChI is InChI=1S/C11H15NO/c1-11(2)7-12-10-5-4-8(13-3)6-9(10)11/h4-6,12H,7H2,1-3H3. The van der Waals surface area contributed by atoms with Crippen molar-refractivity contribution in [2.24, 2.45) is 0 Å². The molecule has 0 saturated carbocycles. The molecule has 70 valence electrons. The van der Waals surface area contributed by atoms with Gasteiger partial charge in [-0.15, -0.1) is 0 Å². The largest absolute Gasteiger partial charge is 0.497 e. The van der Waals surface area contributed by atoms with Crippen LogP contribution in [0.1, 0.15) is 19.4 Å². The Morgan fingerprint density at radius 1 is 1.38 bits per heavy atom. The lowest BCUT2D eigenvalue weighted by Gasteiger charge is -2.17. The predicted molar refractivity (Wildman–Crippen MR) is 54.5 cm³/mol. The van der Waals surface area contributed by atoms with E-state index in [0.29, 0.717) is 0 Å². The zero-order chi connectivity index (χ0) is 9.47. The van der Waals surface area contributed by atoms with E-state index in [2.05, 4.69) is 31.3 Å². The molecule has 0 fully saturated rings. The van der Waals surface area contributed by atoms with Gasteiger partial charge in [0.15, 0.2) is 0 Å². The highest BCUT2D eigenvalue weighted by Gasteiger charge is 2.29. The molecule has 0 saturated heterocycles. The van der Waals surface area contributed by atoms with Gasteiger partial charge in [-0.3, -0.25) is 0 Å². The van der Waals surface area contributed by atoms with Crippen LogP contribution in [-0.2, 0) is 5.41 Å². The zero-order valence-electron chi connectivity index (χ0n) is 8.35. The fourth-order valence-corrected chi connectivity index (χ4v) is 1.78. The monoisotopic (exact) mass is 177 g/mol. The van der Waals surface area contributed by atoms with Crippen LogP contribution in [0, 0.1) is 0 Å². The van der Waals surface area contributed by atoms with Gasteiger partial charge in [0, 0.05) is 17.6 Å². The first kappa shape index (κ1) is 8.42. The normalized spacial score (nSPS) is 17.8. The number of rotatable bonds is 1. The van der Waals surface area contributed by atoms with E-state index < -0.39 is 0 Å². The first-order valence-corrected chi connectivity index (χ1v) is 4.56. The van der Waals surface area contributed by atoms with Crippen molar-refractivity contribution in [2.45, 2.75) is 19.3 Å². The molecule has 1 aliphatic heterocycles. The van der Waals surface area contributed by atoms with Gasteiger partial charge < -0.3 is 10.1 Å². The van der Waals surface area contributed by atoms with Gasteiger partial charge >= 0.3 is 0 Å². The zero-order valence-corrected chi connectivity index (χ0v) is 8.35. The third-order valence-electron chi connectivity index (χ3n) is 2.68. The third-order valence-corrected chi connectivity index (χ3v) is 2.68. The molecule has 13 heavy (non-hydrogen) atoms. The molecule has 1 heterocycles. The van der Waals surface area contributed by atoms with Gasteiger partial charge in [-0.2, -0.15) is 0 Å². The van der Waals surface area contributed by atoms with E-state index in [1.165, 1.54) is 11.3 Å². The van der Waals surface area contributed by atoms with Gasteiger partial charge in [-0.05, 0) is 23.8 Å². The summed E-state index contributed by atoms with van der Waals surface area (Å²) < 4.78 is 5.20. The fraction of sp³-hybridized carbons (Fsp3) is 0.455. The Labute approximate surface area is 78.9 Å². The average molecular weight is 177 g/mol. The topological polar surface area (TPSA) is 21.3 Å². The van der Waals surface area contributed by atoms with Crippen LogP contribution in [0.4, 0.5) is 5.69 Å². The minimum absolute atomic E-state index is 0.226. The Morgan fingerprint density at radius 2 is 2.15 bits per heavy atom. The van der Waals surface area contributed by atoms with E-state index in [0.717, 1.165) is 12.3 Å². The molecule has 0 spiro atoms. The van der Waals surface area contributed by atoms with E-state index in [1.54, 1.807) is 7.11 Å². The second-order valence-corrected chi connectivity index (χ2v) is 4.15. The molecule has 0 bridgehead atoms. The van der Waals surface area contributed by atoms with E-state index in [4.69, 9.17) is 4.74 Å². The van der Waals surface area contributed by atoms with Crippen LogP contribution in [-0.4, -0.2) is 13.7 Å². The molecule has 2 heteroatoms. The fourth-order valence-electron chi connectivity index (χ4n) is 1.78. The molecule has 0 atom stereocenters. The van der Waals surface area contributed by atoms with Crippen molar-refractivity contribution in [3.63, 3.8) is 0 Å². The summed E-state index contributed by atoms with van der Waals surface area (Å²) in [5.74, 6) is 0.940. The second-order valence-electron chi connectivity index (χ2n) is 4.15. The van der Waals surface area contributed by atoms with Crippen LogP contribution in [0.3, 0.4) is 0 Å². The summed E-state index contributed by atoms with van der Waals surface area (Å²) in [5.41, 5.74) is 2.82. The van der Waals surface area contributed by atoms with Crippen molar-refractivity contribution in [1.29, 1.82) is 0 Å². The van der Waals surface area contributed by atoms with E-state index in [-0.39, 0.29) is 5.41 Å². The van der Waals surface area contributed by atoms with Crippen molar-refractivity contribution in [3.8, 4) is 5.75 Å². The van der Waals surface area contributed by atoms with Crippen LogP contribution in [0.25, 0.3) is 0 Å². The van der Waals surface area contributed by atoms with E-state index in [1.807, 2.05) is 6.07 Å². The lowest BCUT2D eigenvalue weighted by atomic mass is 9.87. The highest BCUT2D eigenvalue weighted by atomic mass is 16.5. The third kappa shape index (κ3) is 1.26. The molecule has 0 unspecified atom stereocenters. The number of methoxy groups -OCH3 is 1. The number of fused-ring (bicyclic) bond motifs is 1. The van der Waals surface area contributed by atoms with Crippen molar-refractivity contribution in [2.75, 3.05) is 19.0 Å². The predicted octanol–water partition coefficient (Wildman–Crippen LogP) is 2.40. The smallest absolute Gasteiger partial charge is 0.119 e. The summed E-state index contributed by atoms with van der Waals surface area (Å²) in [6, 6.07) is 6.20. The van der Waals surface area contributed by atoms with Gasteiger partial charge in [0.25, 0.3) is 0 Å². The minimum atomic E-state index is 0.226. The van der Waals surface area contributed by atoms with Gasteiger partial charge in [0.2, 0.25) is 0 Å². The average Bonchev–Trinajstić information content (AvgIpc) is 2.42. The Bertz CT molecular complexity index is 331. The lowest BCUT2D eigenvalue weighted by molar-refractivity contribution is 0.413. The molecule has 2 rings (SSSR count). The van der Waals surface area contributed by atoms with Crippen molar-refractivity contribution < 1.29 is 4.74 Å². The highest BCUT2D eigenvalue weighted by molar-refractivity contribution is 5.61. The molecule has 0 aromatic heterocycles. The molecular formula is C11H15NO. The van der Waals surface area contributed by atoms with Crippen LogP contribution < -0.4 is 10.1 Å². The number of hydrogen-bond acceptors (Lipinski definition) is 2. The number of nitrogens with one attached hydrogen (secondary N) is 1. The highest BCUT2D eigenvalue weighted by Crippen LogP contribution is 2.37. The molecule has 0 radical (unpaired) electrons. The van der Waals surface area contributed by atoms with E-state index >= 15 is 0 Å². The molecule has 2 nitrogen and oxygen atoms in total. The van der Waals surface area contributed by atoms with Gasteiger partial charge in [0.05, 0.1) is 7.11 Å². The first-order chi connectivity index (χ1) is 6.13. The van der Waals surface area contributed by atoms with Gasteiger partial charge in [-0.1, -0.05) is 13.8 Å². The maximum atomic E-state index is 5.20. The Morgan fingerprint density at radius 3 is 2.85 bits per heavy atom. The van der Waals surface area contributed by atoms with Crippen LogP contribution in [0.2, 0.25) is 0 Å². The van der Waals surface area contributed by atoms with Crippen LogP contribution in [0.15, 0.2) is 18.2 Å². The van der Waals surface area contributed by atoms with Crippen LogP contribution in [0.5, 0.6) is 5.75 Å². The SMILES string of the molecule is COc1ccc2c(c1)C(C)(C)CN2. The van der Waals surface area contributed by atoms with Gasteiger partial charge in [-0.25, -0.2) is 0 Å². The Kier molecular flexibility index (Phi) is 1.72. The molecule has 1 N–H and O–H groups in total. The maximum Gasteiger partial charge on any atom is 0.119 e. The second kappa shape index (κ2) is 2.66. The maximum absolute atomic E-state index is 5.20. The molecule has 1 aromatic carbocycles. The summed E-state index contributed by atoms with van der Waals surface area (Å²) in [5, 5.41) is 3.39. The summed E-state index contributed by atoms with van der Waals surface area (Å²) >= 11 is 0. The van der Waals surface area contributed by atoms with Gasteiger partial charge in [0.1, 0.15) is 5.75 Å². The minimum Gasteiger partial charge on any atom is -0.497 e. The molecule has 1 aliphatic rings. The summed E-state index contributed by atoms with van der Waals surface area (Å²) in [6.45, 7) is 5.49.